The second kappa shape index (κ2) is 6.67. The quantitative estimate of drug-likeness (QED) is 0.684. The molecular weight excluding hydrogens is 312 g/mol. The summed E-state index contributed by atoms with van der Waals surface area (Å²) in [6.45, 7) is 2.31. The van der Waals surface area contributed by atoms with Gasteiger partial charge in [0.15, 0.2) is 5.70 Å². The monoisotopic (exact) mass is 326 g/mol. The SMILES string of the molecule is CCO/C=C1/N=C(c2ccccc2)c2cc(Cl)ccc2NC1=O. The van der Waals surface area contributed by atoms with E-state index >= 15 is 0 Å². The van der Waals surface area contributed by atoms with E-state index in [1.165, 1.54) is 6.26 Å². The summed E-state index contributed by atoms with van der Waals surface area (Å²) < 4.78 is 5.25. The molecule has 0 saturated carbocycles. The lowest BCUT2D eigenvalue weighted by Crippen LogP contribution is -2.12. The molecule has 1 amide bonds. The third-order valence-corrected chi connectivity index (χ3v) is 3.59. The van der Waals surface area contributed by atoms with Gasteiger partial charge in [-0.3, -0.25) is 4.79 Å². The minimum atomic E-state index is -0.312. The molecule has 1 aliphatic rings. The molecule has 1 heterocycles. The third kappa shape index (κ3) is 3.27. The van der Waals surface area contributed by atoms with Gasteiger partial charge in [-0.2, -0.15) is 0 Å². The number of hydrogen-bond donors (Lipinski definition) is 1. The fraction of sp³-hybridized carbons (Fsp3) is 0.111. The lowest BCUT2D eigenvalue weighted by atomic mass is 10.0. The van der Waals surface area contributed by atoms with Gasteiger partial charge in [0.1, 0.15) is 6.26 Å². The summed E-state index contributed by atoms with van der Waals surface area (Å²) in [5.41, 5.74) is 3.24. The Kier molecular flexibility index (Phi) is 4.44. The van der Waals surface area contributed by atoms with E-state index in [1.807, 2.05) is 37.3 Å². The van der Waals surface area contributed by atoms with Crippen molar-refractivity contribution in [2.75, 3.05) is 11.9 Å². The molecule has 0 atom stereocenters. The average Bonchev–Trinajstić information content (AvgIpc) is 2.70. The topological polar surface area (TPSA) is 50.7 Å². The summed E-state index contributed by atoms with van der Waals surface area (Å²) in [5.74, 6) is -0.312. The van der Waals surface area contributed by atoms with E-state index in [4.69, 9.17) is 16.3 Å². The van der Waals surface area contributed by atoms with Crippen molar-refractivity contribution in [3.63, 3.8) is 0 Å². The van der Waals surface area contributed by atoms with Crippen molar-refractivity contribution in [3.8, 4) is 0 Å². The first-order valence-electron chi connectivity index (χ1n) is 7.26. The van der Waals surface area contributed by atoms with E-state index in [0.717, 1.165) is 11.1 Å². The second-order valence-corrected chi connectivity index (χ2v) is 5.37. The van der Waals surface area contributed by atoms with Crippen LogP contribution in [-0.4, -0.2) is 18.2 Å². The molecule has 4 nitrogen and oxygen atoms in total. The predicted octanol–water partition coefficient (Wildman–Crippen LogP) is 4.01. The Morgan fingerprint density at radius 3 is 2.74 bits per heavy atom. The van der Waals surface area contributed by atoms with Gasteiger partial charge in [-0.15, -0.1) is 0 Å². The average molecular weight is 327 g/mol. The van der Waals surface area contributed by atoms with Crippen LogP contribution in [0.25, 0.3) is 0 Å². The maximum atomic E-state index is 12.3. The van der Waals surface area contributed by atoms with E-state index in [0.29, 0.717) is 23.0 Å². The van der Waals surface area contributed by atoms with Crippen LogP contribution in [0.5, 0.6) is 0 Å². The van der Waals surface area contributed by atoms with Crippen LogP contribution in [0.3, 0.4) is 0 Å². The summed E-state index contributed by atoms with van der Waals surface area (Å²) in [6, 6.07) is 15.0. The Morgan fingerprint density at radius 2 is 2.00 bits per heavy atom. The number of fused-ring (bicyclic) bond motifs is 1. The van der Waals surface area contributed by atoms with E-state index in [-0.39, 0.29) is 11.6 Å². The molecule has 0 saturated heterocycles. The lowest BCUT2D eigenvalue weighted by Gasteiger charge is -2.09. The zero-order valence-corrected chi connectivity index (χ0v) is 13.3. The van der Waals surface area contributed by atoms with Gasteiger partial charge in [-0.25, -0.2) is 4.99 Å². The van der Waals surface area contributed by atoms with Crippen LogP contribution in [-0.2, 0) is 9.53 Å². The summed E-state index contributed by atoms with van der Waals surface area (Å²) in [6.07, 6.45) is 1.38. The summed E-state index contributed by atoms with van der Waals surface area (Å²) >= 11 is 6.13. The van der Waals surface area contributed by atoms with E-state index in [2.05, 4.69) is 10.3 Å². The van der Waals surface area contributed by atoms with Crippen LogP contribution in [0, 0.1) is 0 Å². The van der Waals surface area contributed by atoms with Crippen molar-refractivity contribution in [1.82, 2.24) is 0 Å². The van der Waals surface area contributed by atoms with Crippen molar-refractivity contribution in [3.05, 3.63) is 76.6 Å². The highest BCUT2D eigenvalue weighted by Crippen LogP contribution is 2.28. The molecule has 0 bridgehead atoms. The zero-order chi connectivity index (χ0) is 16.2. The van der Waals surface area contributed by atoms with Crippen molar-refractivity contribution >= 4 is 28.9 Å². The number of ether oxygens (including phenoxy) is 1. The minimum Gasteiger partial charge on any atom is -0.499 e. The fourth-order valence-corrected chi connectivity index (χ4v) is 2.47. The van der Waals surface area contributed by atoms with Crippen LogP contribution < -0.4 is 5.32 Å². The van der Waals surface area contributed by atoms with Gasteiger partial charge in [0.25, 0.3) is 5.91 Å². The maximum absolute atomic E-state index is 12.3. The van der Waals surface area contributed by atoms with Gasteiger partial charge < -0.3 is 10.1 Å². The Bertz CT molecular complexity index is 798. The second-order valence-electron chi connectivity index (χ2n) is 4.93. The number of aliphatic imine (C=N–C) groups is 1. The molecule has 23 heavy (non-hydrogen) atoms. The van der Waals surface area contributed by atoms with E-state index in [1.54, 1.807) is 18.2 Å². The molecule has 0 spiro atoms. The Balaban J connectivity index is 2.21. The number of anilines is 1. The van der Waals surface area contributed by atoms with Crippen molar-refractivity contribution in [1.29, 1.82) is 0 Å². The zero-order valence-electron chi connectivity index (χ0n) is 12.5. The van der Waals surface area contributed by atoms with Crippen molar-refractivity contribution in [2.45, 2.75) is 6.92 Å². The van der Waals surface area contributed by atoms with Crippen LogP contribution in [0.2, 0.25) is 5.02 Å². The number of rotatable bonds is 3. The van der Waals surface area contributed by atoms with Gasteiger partial charge in [0.2, 0.25) is 0 Å². The van der Waals surface area contributed by atoms with Crippen LogP contribution in [0.15, 0.2) is 65.5 Å². The number of amides is 1. The number of carbonyl (C=O) groups is 1. The molecule has 0 unspecified atom stereocenters. The Labute approximate surface area is 139 Å². The number of halogens is 1. The highest BCUT2D eigenvalue weighted by atomic mass is 35.5. The standard InChI is InChI=1S/C18H15ClN2O2/c1-2-23-11-16-18(22)21-15-9-8-13(19)10-14(15)17(20-16)12-6-4-3-5-7-12/h3-11H,2H2,1H3,(H,21,22)/b16-11+. The molecule has 0 fully saturated rings. The van der Waals surface area contributed by atoms with E-state index in [9.17, 15) is 4.79 Å². The molecule has 2 aromatic rings. The number of nitrogens with zero attached hydrogens (tertiary/aromatic N) is 1. The summed E-state index contributed by atoms with van der Waals surface area (Å²) in [7, 11) is 0. The van der Waals surface area contributed by atoms with Crippen molar-refractivity contribution < 1.29 is 9.53 Å². The first-order valence-corrected chi connectivity index (χ1v) is 7.64. The maximum Gasteiger partial charge on any atom is 0.277 e. The molecule has 116 valence electrons. The largest absolute Gasteiger partial charge is 0.499 e. The van der Waals surface area contributed by atoms with Gasteiger partial charge in [0.05, 0.1) is 18.0 Å². The van der Waals surface area contributed by atoms with Crippen LogP contribution in [0.1, 0.15) is 18.1 Å². The number of nitrogens with one attached hydrogen (secondary N) is 1. The van der Waals surface area contributed by atoms with Crippen molar-refractivity contribution in [2.24, 2.45) is 4.99 Å². The number of benzodiazepines with no additional fused rings is 1. The van der Waals surface area contributed by atoms with E-state index < -0.39 is 0 Å². The molecule has 0 aliphatic carbocycles. The van der Waals surface area contributed by atoms with Gasteiger partial charge in [-0.1, -0.05) is 41.9 Å². The first-order chi connectivity index (χ1) is 11.2. The molecule has 1 N–H and O–H groups in total. The number of hydrogen-bond acceptors (Lipinski definition) is 3. The Hall–Kier alpha value is -2.59. The minimum absolute atomic E-state index is 0.220. The number of benzene rings is 2. The first kappa shape index (κ1) is 15.3. The highest BCUT2D eigenvalue weighted by molar-refractivity contribution is 6.32. The van der Waals surface area contributed by atoms with Gasteiger partial charge in [-0.05, 0) is 25.1 Å². The highest BCUT2D eigenvalue weighted by Gasteiger charge is 2.22. The Morgan fingerprint density at radius 1 is 1.22 bits per heavy atom. The van der Waals surface area contributed by atoms with Gasteiger partial charge >= 0.3 is 0 Å². The van der Waals surface area contributed by atoms with Crippen LogP contribution >= 0.6 is 11.6 Å². The molecule has 3 rings (SSSR count). The smallest absolute Gasteiger partial charge is 0.277 e. The molecule has 0 radical (unpaired) electrons. The molecule has 5 heteroatoms. The number of carbonyl (C=O) groups excluding carboxylic acids is 1. The normalized spacial score (nSPS) is 15.5. The molecule has 1 aliphatic heterocycles. The third-order valence-electron chi connectivity index (χ3n) is 3.36. The summed E-state index contributed by atoms with van der Waals surface area (Å²) in [4.78, 5) is 16.9. The molecular formula is C18H15ClN2O2. The lowest BCUT2D eigenvalue weighted by molar-refractivity contribution is -0.113. The summed E-state index contributed by atoms with van der Waals surface area (Å²) in [5, 5.41) is 3.43. The molecule has 0 aromatic heterocycles. The molecule has 2 aromatic carbocycles. The van der Waals surface area contributed by atoms with Crippen LogP contribution in [0.4, 0.5) is 5.69 Å². The van der Waals surface area contributed by atoms with Gasteiger partial charge in [0, 0.05) is 16.1 Å². The predicted molar refractivity (Wildman–Crippen MR) is 91.9 cm³/mol. The fourth-order valence-electron chi connectivity index (χ4n) is 2.30.